The molecule has 1 amide bonds. The summed E-state index contributed by atoms with van der Waals surface area (Å²) in [7, 11) is 1.80. The van der Waals surface area contributed by atoms with E-state index < -0.39 is 0 Å². The molecule has 30 heavy (non-hydrogen) atoms. The molecule has 1 saturated heterocycles. The first-order chi connectivity index (χ1) is 14.1. The quantitative estimate of drug-likeness (QED) is 0.188. The Morgan fingerprint density at radius 2 is 1.73 bits per heavy atom. The number of aliphatic imine (C=N–C) groups is 1. The number of guanidine groups is 1. The molecule has 0 spiro atoms. The molecule has 1 heterocycles. The van der Waals surface area contributed by atoms with Crippen LogP contribution in [-0.2, 0) is 6.54 Å². The van der Waals surface area contributed by atoms with Crippen LogP contribution in [0.5, 0.6) is 0 Å². The molecule has 0 aromatic heterocycles. The van der Waals surface area contributed by atoms with Crippen LogP contribution in [0.15, 0.2) is 29.3 Å². The van der Waals surface area contributed by atoms with Crippen molar-refractivity contribution < 1.29 is 4.79 Å². The van der Waals surface area contributed by atoms with Gasteiger partial charge in [0.25, 0.3) is 5.91 Å². The fraction of sp³-hybridized carbons (Fsp3) is 0.652. The summed E-state index contributed by atoms with van der Waals surface area (Å²) in [5.74, 6) is 1.70. The Hall–Kier alpha value is -1.35. The zero-order valence-electron chi connectivity index (χ0n) is 18.9. The van der Waals surface area contributed by atoms with E-state index in [0.29, 0.717) is 12.1 Å². The van der Waals surface area contributed by atoms with Gasteiger partial charge in [-0.3, -0.25) is 9.79 Å². The second-order valence-corrected chi connectivity index (χ2v) is 8.04. The molecule has 0 bridgehead atoms. The Balaban J connectivity index is 0.00000450. The number of likely N-dealkylation sites (tertiary alicyclic amines) is 1. The number of hydrogen-bond donors (Lipinski definition) is 3. The van der Waals surface area contributed by atoms with Crippen molar-refractivity contribution in [2.75, 3.05) is 39.8 Å². The summed E-state index contributed by atoms with van der Waals surface area (Å²) in [6, 6.07) is 7.75. The maximum atomic E-state index is 12.1. The van der Waals surface area contributed by atoms with Crippen molar-refractivity contribution in [3.63, 3.8) is 0 Å². The van der Waals surface area contributed by atoms with E-state index in [-0.39, 0.29) is 29.9 Å². The monoisotopic (exact) mass is 529 g/mol. The Labute approximate surface area is 199 Å². The minimum atomic E-state index is -0.00130. The minimum absolute atomic E-state index is 0. The molecule has 0 unspecified atom stereocenters. The minimum Gasteiger partial charge on any atom is -0.356 e. The van der Waals surface area contributed by atoms with Gasteiger partial charge >= 0.3 is 0 Å². The molecule has 6 nitrogen and oxygen atoms in total. The second kappa shape index (κ2) is 15.5. The molecule has 1 aromatic rings. The highest BCUT2D eigenvalue weighted by molar-refractivity contribution is 14.0. The number of carbonyl (C=O) groups excluding carboxylic acids is 1. The summed E-state index contributed by atoms with van der Waals surface area (Å²) in [4.78, 5) is 18.9. The van der Waals surface area contributed by atoms with Gasteiger partial charge in [-0.2, -0.15) is 0 Å². The highest BCUT2D eigenvalue weighted by Crippen LogP contribution is 2.15. The maximum Gasteiger partial charge on any atom is 0.251 e. The Kier molecular flexibility index (Phi) is 13.7. The number of halogens is 1. The highest BCUT2D eigenvalue weighted by atomic mass is 127. The summed E-state index contributed by atoms with van der Waals surface area (Å²) in [6.45, 7) is 10.4. The zero-order valence-corrected chi connectivity index (χ0v) is 21.2. The summed E-state index contributed by atoms with van der Waals surface area (Å²) >= 11 is 0. The van der Waals surface area contributed by atoms with Gasteiger partial charge in [-0.25, -0.2) is 0 Å². The fourth-order valence-corrected chi connectivity index (χ4v) is 3.46. The number of carbonyl (C=O) groups is 1. The van der Waals surface area contributed by atoms with Crippen molar-refractivity contribution in [2.24, 2.45) is 10.9 Å². The third kappa shape index (κ3) is 10.1. The van der Waals surface area contributed by atoms with Crippen molar-refractivity contribution in [2.45, 2.75) is 52.5 Å². The highest BCUT2D eigenvalue weighted by Gasteiger charge is 2.14. The van der Waals surface area contributed by atoms with E-state index in [2.05, 4.69) is 39.7 Å². The van der Waals surface area contributed by atoms with Gasteiger partial charge in [0.2, 0.25) is 0 Å². The number of benzene rings is 1. The molecule has 2 rings (SSSR count). The summed E-state index contributed by atoms with van der Waals surface area (Å²) in [5.41, 5.74) is 1.83. The lowest BCUT2D eigenvalue weighted by molar-refractivity contribution is 0.0953. The van der Waals surface area contributed by atoms with Crippen LogP contribution in [0.3, 0.4) is 0 Å². The lowest BCUT2D eigenvalue weighted by Crippen LogP contribution is -2.39. The van der Waals surface area contributed by atoms with Crippen LogP contribution >= 0.6 is 24.0 Å². The van der Waals surface area contributed by atoms with E-state index in [1.807, 2.05) is 24.3 Å². The van der Waals surface area contributed by atoms with Crippen LogP contribution in [0.2, 0.25) is 0 Å². The van der Waals surface area contributed by atoms with Crippen molar-refractivity contribution in [1.82, 2.24) is 20.9 Å². The zero-order chi connectivity index (χ0) is 20.9. The second-order valence-electron chi connectivity index (χ2n) is 8.04. The number of amides is 1. The molecule has 0 aliphatic carbocycles. The van der Waals surface area contributed by atoms with Crippen molar-refractivity contribution in [3.8, 4) is 0 Å². The normalized spacial score (nSPS) is 15.4. The van der Waals surface area contributed by atoms with E-state index in [0.717, 1.165) is 56.3 Å². The molecule has 1 aromatic carbocycles. The topological polar surface area (TPSA) is 68.8 Å². The van der Waals surface area contributed by atoms with Gasteiger partial charge in [0.1, 0.15) is 0 Å². The predicted octanol–water partition coefficient (Wildman–Crippen LogP) is 3.62. The van der Waals surface area contributed by atoms with Crippen molar-refractivity contribution in [3.05, 3.63) is 35.4 Å². The van der Waals surface area contributed by atoms with Crippen LogP contribution in [-0.4, -0.2) is 56.5 Å². The SMILES string of the molecule is CCCCNC(=O)c1ccc(CNC(=NC)NCCCN2CCC(C)CC2)cc1.I. The summed E-state index contributed by atoms with van der Waals surface area (Å²) < 4.78 is 0. The lowest BCUT2D eigenvalue weighted by atomic mass is 9.99. The van der Waals surface area contributed by atoms with Crippen LogP contribution in [0.25, 0.3) is 0 Å². The molecule has 0 atom stereocenters. The summed E-state index contributed by atoms with van der Waals surface area (Å²) in [6.07, 6.45) is 5.87. The van der Waals surface area contributed by atoms with E-state index >= 15 is 0 Å². The van der Waals surface area contributed by atoms with Crippen LogP contribution in [0.1, 0.15) is 61.9 Å². The number of unbranched alkanes of at least 4 members (excludes halogenated alkanes) is 1. The molecule has 1 aliphatic heterocycles. The number of nitrogens with zero attached hydrogens (tertiary/aromatic N) is 2. The average molecular weight is 530 g/mol. The third-order valence-corrected chi connectivity index (χ3v) is 5.54. The average Bonchev–Trinajstić information content (AvgIpc) is 2.75. The predicted molar refractivity (Wildman–Crippen MR) is 137 cm³/mol. The van der Waals surface area contributed by atoms with E-state index in [9.17, 15) is 4.79 Å². The van der Waals surface area contributed by atoms with E-state index in [1.54, 1.807) is 7.05 Å². The molecular formula is C23H40IN5O. The number of hydrogen-bond acceptors (Lipinski definition) is 3. The van der Waals surface area contributed by atoms with Gasteiger partial charge < -0.3 is 20.9 Å². The molecule has 1 fully saturated rings. The Morgan fingerprint density at radius 1 is 1.07 bits per heavy atom. The first kappa shape index (κ1) is 26.7. The lowest BCUT2D eigenvalue weighted by Gasteiger charge is -2.30. The fourth-order valence-electron chi connectivity index (χ4n) is 3.46. The molecular weight excluding hydrogens is 489 g/mol. The Bertz CT molecular complexity index is 627. The molecule has 170 valence electrons. The van der Waals surface area contributed by atoms with Gasteiger partial charge in [0.15, 0.2) is 5.96 Å². The van der Waals surface area contributed by atoms with Gasteiger partial charge in [-0.1, -0.05) is 32.4 Å². The van der Waals surface area contributed by atoms with E-state index in [4.69, 9.17) is 0 Å². The number of rotatable bonds is 10. The third-order valence-electron chi connectivity index (χ3n) is 5.54. The molecule has 0 radical (unpaired) electrons. The number of piperidine rings is 1. The Morgan fingerprint density at radius 3 is 2.37 bits per heavy atom. The largest absolute Gasteiger partial charge is 0.356 e. The van der Waals surface area contributed by atoms with Crippen LogP contribution in [0.4, 0.5) is 0 Å². The van der Waals surface area contributed by atoms with E-state index in [1.165, 1.54) is 25.9 Å². The first-order valence-corrected chi connectivity index (χ1v) is 11.2. The molecule has 0 saturated carbocycles. The van der Waals surface area contributed by atoms with Crippen molar-refractivity contribution >= 4 is 35.8 Å². The molecule has 1 aliphatic rings. The van der Waals surface area contributed by atoms with Gasteiger partial charge in [0, 0.05) is 32.2 Å². The maximum absolute atomic E-state index is 12.1. The summed E-state index contributed by atoms with van der Waals surface area (Å²) in [5, 5.41) is 9.69. The van der Waals surface area contributed by atoms with Gasteiger partial charge in [-0.15, -0.1) is 24.0 Å². The van der Waals surface area contributed by atoms with Crippen molar-refractivity contribution in [1.29, 1.82) is 0 Å². The van der Waals surface area contributed by atoms with Crippen LogP contribution < -0.4 is 16.0 Å². The van der Waals surface area contributed by atoms with Gasteiger partial charge in [0.05, 0.1) is 0 Å². The van der Waals surface area contributed by atoms with Crippen LogP contribution in [0, 0.1) is 5.92 Å². The first-order valence-electron chi connectivity index (χ1n) is 11.2. The standard InChI is InChI=1S/C23H39N5O.HI/c1-4-5-13-25-22(29)21-9-7-20(8-10-21)18-27-23(24-3)26-14-6-15-28-16-11-19(2)12-17-28;/h7-10,19H,4-6,11-18H2,1-3H3,(H,25,29)(H2,24,26,27);1H. The number of nitrogens with one attached hydrogen (secondary N) is 3. The van der Waals surface area contributed by atoms with Gasteiger partial charge in [-0.05, 0) is 68.9 Å². The molecule has 7 heteroatoms. The smallest absolute Gasteiger partial charge is 0.251 e. The molecule has 3 N–H and O–H groups in total.